The van der Waals surface area contributed by atoms with Crippen LogP contribution in [0.5, 0.6) is 5.75 Å². The molecule has 1 aliphatic carbocycles. The molecule has 1 amide bonds. The highest BCUT2D eigenvalue weighted by Crippen LogP contribution is 2.34. The van der Waals surface area contributed by atoms with Crippen LogP contribution < -0.4 is 27.1 Å². The zero-order valence-electron chi connectivity index (χ0n) is 23.6. The van der Waals surface area contributed by atoms with E-state index in [0.29, 0.717) is 50.4 Å². The summed E-state index contributed by atoms with van der Waals surface area (Å²) in [5, 5.41) is 3.25. The number of carbonyl (C=O) groups is 2. The fraction of sp³-hybridized carbons (Fsp3) is 0.258. The third kappa shape index (κ3) is 7.32. The number of benzene rings is 2. The van der Waals surface area contributed by atoms with Gasteiger partial charge < -0.3 is 21.5 Å². The largest absolute Gasteiger partial charge is 0.495 e. The van der Waals surface area contributed by atoms with Gasteiger partial charge in [-0.2, -0.15) is 0 Å². The van der Waals surface area contributed by atoms with Crippen molar-refractivity contribution in [3.8, 4) is 16.9 Å². The first-order valence-electron chi connectivity index (χ1n) is 13.3. The number of methoxy groups -OCH3 is 1. The standard InChI is InChI=1S/C31H33ClN6O4/c1-18(39)24-8-4-20(32)13-25(24)26-15-30(40)38(17-29(26)42-3)28(14-21(33)10-11-36-22-5-6-22)31(41)37-23-7-9-27(34)19(12-23)16-35-2/h4,7-13,15-17,22,28H,5-6,14,33-34H2,1-3H3,(H,37,41). The summed E-state index contributed by atoms with van der Waals surface area (Å²) in [6, 6.07) is 10.4. The van der Waals surface area contributed by atoms with Gasteiger partial charge in [0.25, 0.3) is 5.56 Å². The van der Waals surface area contributed by atoms with Crippen molar-refractivity contribution in [1.29, 1.82) is 0 Å². The summed E-state index contributed by atoms with van der Waals surface area (Å²) in [5.74, 6) is -0.422. The predicted octanol–water partition coefficient (Wildman–Crippen LogP) is 4.66. The van der Waals surface area contributed by atoms with Crippen molar-refractivity contribution >= 4 is 47.1 Å². The number of nitrogens with one attached hydrogen (secondary N) is 1. The highest BCUT2D eigenvalue weighted by atomic mass is 35.5. The van der Waals surface area contributed by atoms with Crippen LogP contribution in [-0.2, 0) is 4.79 Å². The number of hydrogen-bond donors (Lipinski definition) is 3. The molecule has 42 heavy (non-hydrogen) atoms. The van der Waals surface area contributed by atoms with Crippen LogP contribution in [-0.4, -0.2) is 48.9 Å². The van der Waals surface area contributed by atoms with Gasteiger partial charge in [-0.3, -0.25) is 28.9 Å². The van der Waals surface area contributed by atoms with E-state index in [1.165, 1.54) is 30.9 Å². The Labute approximate surface area is 248 Å². The molecule has 1 fully saturated rings. The van der Waals surface area contributed by atoms with Gasteiger partial charge in [-0.25, -0.2) is 0 Å². The number of carbonyl (C=O) groups excluding carboxylic acids is 2. The number of nitrogens with zero attached hydrogens (tertiary/aromatic N) is 3. The van der Waals surface area contributed by atoms with E-state index >= 15 is 0 Å². The number of Topliss-reactive ketones (excluding diaryl/α,β-unsaturated/α-hetero) is 1. The van der Waals surface area contributed by atoms with Crippen molar-refractivity contribution in [2.24, 2.45) is 15.7 Å². The Morgan fingerprint density at radius 1 is 1.19 bits per heavy atom. The second-order valence-electron chi connectivity index (χ2n) is 9.96. The minimum Gasteiger partial charge on any atom is -0.495 e. The Morgan fingerprint density at radius 3 is 2.62 bits per heavy atom. The quantitative estimate of drug-likeness (QED) is 0.168. The number of pyridine rings is 1. The maximum absolute atomic E-state index is 13.7. The molecular weight excluding hydrogens is 556 g/mol. The van der Waals surface area contributed by atoms with E-state index in [4.69, 9.17) is 27.8 Å². The van der Waals surface area contributed by atoms with Crippen molar-refractivity contribution in [2.45, 2.75) is 38.3 Å². The van der Waals surface area contributed by atoms with Crippen LogP contribution in [0, 0.1) is 0 Å². The predicted molar refractivity (Wildman–Crippen MR) is 168 cm³/mol. The molecule has 4 rings (SSSR count). The minimum absolute atomic E-state index is 0.0129. The average molecular weight is 589 g/mol. The molecule has 1 atom stereocenters. The third-order valence-electron chi connectivity index (χ3n) is 6.74. The van der Waals surface area contributed by atoms with E-state index in [-0.39, 0.29) is 18.0 Å². The van der Waals surface area contributed by atoms with Crippen molar-refractivity contribution < 1.29 is 14.3 Å². The van der Waals surface area contributed by atoms with Gasteiger partial charge in [0.1, 0.15) is 11.8 Å². The van der Waals surface area contributed by atoms with Gasteiger partial charge >= 0.3 is 0 Å². The van der Waals surface area contributed by atoms with Crippen molar-refractivity contribution in [1.82, 2.24) is 4.57 Å². The lowest BCUT2D eigenvalue weighted by Crippen LogP contribution is -2.34. The molecule has 1 unspecified atom stereocenters. The van der Waals surface area contributed by atoms with Gasteiger partial charge in [0.2, 0.25) is 5.91 Å². The number of ether oxygens (including phenoxy) is 1. The van der Waals surface area contributed by atoms with Crippen molar-refractivity contribution in [3.05, 3.63) is 86.9 Å². The number of allylic oxidation sites excluding steroid dienone is 2. The molecule has 10 nitrogen and oxygen atoms in total. The first kappa shape index (κ1) is 30.3. The smallest absolute Gasteiger partial charge is 0.252 e. The van der Waals surface area contributed by atoms with Gasteiger partial charge in [0.05, 0.1) is 19.3 Å². The molecule has 0 aliphatic heterocycles. The number of amides is 1. The van der Waals surface area contributed by atoms with E-state index in [1.54, 1.807) is 62.0 Å². The lowest BCUT2D eigenvalue weighted by Gasteiger charge is -2.22. The summed E-state index contributed by atoms with van der Waals surface area (Å²) in [6.45, 7) is 1.43. The first-order valence-corrected chi connectivity index (χ1v) is 13.7. The van der Waals surface area contributed by atoms with Crippen LogP contribution in [0.15, 0.2) is 75.2 Å². The molecule has 11 heteroatoms. The molecule has 0 saturated heterocycles. The van der Waals surface area contributed by atoms with Crippen LogP contribution in [0.2, 0.25) is 5.02 Å². The second-order valence-corrected chi connectivity index (χ2v) is 10.4. The molecule has 1 heterocycles. The van der Waals surface area contributed by atoms with E-state index in [9.17, 15) is 14.4 Å². The second kappa shape index (κ2) is 13.3. The number of ketones is 1. The number of nitrogen functional groups attached to an aromatic ring is 1. The first-order chi connectivity index (χ1) is 20.1. The number of nitrogens with two attached hydrogens (primary N) is 2. The molecule has 1 saturated carbocycles. The third-order valence-corrected chi connectivity index (χ3v) is 6.97. The Hall–Kier alpha value is -4.70. The Bertz CT molecular complexity index is 1660. The molecule has 2 aromatic carbocycles. The van der Waals surface area contributed by atoms with Crippen LogP contribution in [0.3, 0.4) is 0 Å². The van der Waals surface area contributed by atoms with E-state index in [2.05, 4.69) is 15.3 Å². The van der Waals surface area contributed by atoms with Crippen LogP contribution in [0.4, 0.5) is 11.4 Å². The zero-order chi connectivity index (χ0) is 30.4. The molecule has 5 N–H and O–H groups in total. The number of halogens is 1. The van der Waals surface area contributed by atoms with Crippen LogP contribution in [0.1, 0.15) is 48.1 Å². The highest BCUT2D eigenvalue weighted by Gasteiger charge is 2.26. The highest BCUT2D eigenvalue weighted by molar-refractivity contribution is 6.31. The summed E-state index contributed by atoms with van der Waals surface area (Å²) >= 11 is 6.23. The van der Waals surface area contributed by atoms with Crippen molar-refractivity contribution in [3.63, 3.8) is 0 Å². The molecule has 3 aromatic rings. The number of aromatic nitrogens is 1. The Kier molecular flexibility index (Phi) is 9.59. The van der Waals surface area contributed by atoms with Gasteiger partial charge in [-0.15, -0.1) is 0 Å². The minimum atomic E-state index is -1.06. The van der Waals surface area contributed by atoms with Gasteiger partial charge in [-0.05, 0) is 67.8 Å². The number of rotatable bonds is 11. The number of anilines is 2. The zero-order valence-corrected chi connectivity index (χ0v) is 24.4. The fourth-order valence-electron chi connectivity index (χ4n) is 4.41. The summed E-state index contributed by atoms with van der Waals surface area (Å²) < 4.78 is 6.90. The Balaban J connectivity index is 1.77. The topological polar surface area (TPSA) is 154 Å². The molecular formula is C31H33ClN6O4. The van der Waals surface area contributed by atoms with E-state index in [1.807, 2.05) is 0 Å². The van der Waals surface area contributed by atoms with Crippen LogP contribution >= 0.6 is 11.6 Å². The Morgan fingerprint density at radius 2 is 1.95 bits per heavy atom. The summed E-state index contributed by atoms with van der Waals surface area (Å²) in [6.07, 6.45) is 8.39. The molecule has 1 aliphatic rings. The van der Waals surface area contributed by atoms with Gasteiger partial charge in [0, 0.05) is 70.7 Å². The molecule has 0 spiro atoms. The number of hydrogen-bond acceptors (Lipinski definition) is 8. The summed E-state index contributed by atoms with van der Waals surface area (Å²) in [7, 11) is 3.06. The summed E-state index contributed by atoms with van der Waals surface area (Å²) in [4.78, 5) is 48.1. The maximum atomic E-state index is 13.7. The monoisotopic (exact) mass is 588 g/mol. The summed E-state index contributed by atoms with van der Waals surface area (Å²) in [5.41, 5.74) is 15.0. The van der Waals surface area contributed by atoms with Crippen LogP contribution in [0.25, 0.3) is 11.1 Å². The fourth-order valence-corrected chi connectivity index (χ4v) is 4.59. The lowest BCUT2D eigenvalue weighted by atomic mass is 9.97. The maximum Gasteiger partial charge on any atom is 0.252 e. The molecule has 218 valence electrons. The SMILES string of the molecule is CN=Cc1cc(NC(=O)C(CC(N)=CC=NC2CC2)n2cc(OC)c(-c3cc(Cl)ccc3C(C)=O)cc2=O)ccc1N. The normalized spacial score (nSPS) is 14.3. The molecule has 0 radical (unpaired) electrons. The van der Waals surface area contributed by atoms with Gasteiger partial charge in [-0.1, -0.05) is 11.6 Å². The molecule has 1 aromatic heterocycles. The molecule has 0 bridgehead atoms. The number of aliphatic imine (C=N–C) groups is 2. The lowest BCUT2D eigenvalue weighted by molar-refractivity contribution is -0.119. The van der Waals surface area contributed by atoms with E-state index < -0.39 is 17.5 Å². The van der Waals surface area contributed by atoms with E-state index in [0.717, 1.165) is 12.8 Å². The van der Waals surface area contributed by atoms with Gasteiger partial charge in [0.15, 0.2) is 5.78 Å². The van der Waals surface area contributed by atoms with Crippen molar-refractivity contribution in [2.75, 3.05) is 25.2 Å². The average Bonchev–Trinajstić information content (AvgIpc) is 3.78.